The Labute approximate surface area is 307 Å². The molecule has 6 aromatic rings. The molecule has 0 radical (unpaired) electrons. The first-order valence-corrected chi connectivity index (χ1v) is 20.2. The SMILES string of the molecule is COC(=O)c1ccc(S(=O)(=O)CCc2c(CCNS(=O)(=O)Cc3ccccc3F)n(C(c3ccccc3)c3ccccc3)c3ccc(Cl)cc23)cc1. The summed E-state index contributed by atoms with van der Waals surface area (Å²) < 4.78 is 77.7. The first-order chi connectivity index (χ1) is 25.0. The average molecular weight is 759 g/mol. The van der Waals surface area contributed by atoms with Crippen LogP contribution in [0.1, 0.15) is 44.3 Å². The summed E-state index contributed by atoms with van der Waals surface area (Å²) in [6.45, 7) is -0.0358. The first-order valence-electron chi connectivity index (χ1n) is 16.5. The molecule has 1 N–H and O–H groups in total. The fraction of sp³-hybridized carbons (Fsp3) is 0.175. The molecule has 1 heterocycles. The number of rotatable bonds is 14. The van der Waals surface area contributed by atoms with Crippen LogP contribution in [0.5, 0.6) is 0 Å². The van der Waals surface area contributed by atoms with Gasteiger partial charge in [-0.25, -0.2) is 30.7 Å². The molecule has 6 rings (SSSR count). The number of benzene rings is 5. The predicted molar refractivity (Wildman–Crippen MR) is 201 cm³/mol. The molecule has 0 saturated heterocycles. The maximum absolute atomic E-state index is 14.4. The maximum Gasteiger partial charge on any atom is 0.337 e. The van der Waals surface area contributed by atoms with E-state index in [-0.39, 0.29) is 47.2 Å². The second kappa shape index (κ2) is 15.8. The van der Waals surface area contributed by atoms with Crippen LogP contribution in [0.25, 0.3) is 10.9 Å². The van der Waals surface area contributed by atoms with Crippen molar-refractivity contribution in [1.29, 1.82) is 0 Å². The number of hydrogen-bond acceptors (Lipinski definition) is 6. The molecule has 12 heteroatoms. The lowest BCUT2D eigenvalue weighted by atomic mass is 9.97. The normalized spacial score (nSPS) is 12.0. The number of nitrogens with zero attached hydrogens (tertiary/aromatic N) is 1. The van der Waals surface area contributed by atoms with E-state index in [0.29, 0.717) is 10.6 Å². The summed E-state index contributed by atoms with van der Waals surface area (Å²) in [5.74, 6) is -1.99. The highest BCUT2D eigenvalue weighted by atomic mass is 35.5. The molecule has 268 valence electrons. The van der Waals surface area contributed by atoms with Crippen molar-refractivity contribution in [2.24, 2.45) is 0 Å². The van der Waals surface area contributed by atoms with Crippen molar-refractivity contribution in [2.75, 3.05) is 19.4 Å². The van der Waals surface area contributed by atoms with Gasteiger partial charge in [0.15, 0.2) is 9.84 Å². The van der Waals surface area contributed by atoms with Crippen LogP contribution in [0.3, 0.4) is 0 Å². The Morgan fingerprint density at radius 2 is 1.42 bits per heavy atom. The van der Waals surface area contributed by atoms with Gasteiger partial charge in [0.25, 0.3) is 0 Å². The number of halogens is 2. The molecule has 0 saturated carbocycles. The number of aromatic nitrogens is 1. The molecule has 1 aromatic heterocycles. The van der Waals surface area contributed by atoms with Gasteiger partial charge in [0.05, 0.1) is 35.1 Å². The molecule has 0 spiro atoms. The fourth-order valence-electron chi connectivity index (χ4n) is 6.48. The van der Waals surface area contributed by atoms with Gasteiger partial charge in [-0.3, -0.25) is 0 Å². The quantitative estimate of drug-likeness (QED) is 0.115. The van der Waals surface area contributed by atoms with Crippen LogP contribution in [0.2, 0.25) is 5.02 Å². The zero-order valence-corrected chi connectivity index (χ0v) is 30.6. The molecule has 8 nitrogen and oxygen atoms in total. The summed E-state index contributed by atoms with van der Waals surface area (Å²) in [7, 11) is -6.54. The zero-order valence-electron chi connectivity index (χ0n) is 28.2. The summed E-state index contributed by atoms with van der Waals surface area (Å²) in [5, 5.41) is 1.20. The Morgan fingerprint density at radius 3 is 2.04 bits per heavy atom. The molecule has 5 aromatic carbocycles. The number of fused-ring (bicyclic) bond motifs is 1. The smallest absolute Gasteiger partial charge is 0.337 e. The predicted octanol–water partition coefficient (Wildman–Crippen LogP) is 7.54. The van der Waals surface area contributed by atoms with E-state index < -0.39 is 37.4 Å². The number of methoxy groups -OCH3 is 1. The minimum atomic E-state index is -3.95. The number of carbonyl (C=O) groups excluding carboxylic acids is 1. The monoisotopic (exact) mass is 758 g/mol. The molecule has 52 heavy (non-hydrogen) atoms. The lowest BCUT2D eigenvalue weighted by molar-refractivity contribution is 0.0600. The van der Waals surface area contributed by atoms with Crippen LogP contribution >= 0.6 is 11.6 Å². The van der Waals surface area contributed by atoms with Gasteiger partial charge in [0, 0.05) is 40.1 Å². The third kappa shape index (κ3) is 8.29. The second-order valence-corrected chi connectivity index (χ2v) is 16.6. The highest BCUT2D eigenvalue weighted by molar-refractivity contribution is 7.91. The van der Waals surface area contributed by atoms with Crippen molar-refractivity contribution in [3.05, 3.63) is 172 Å². The van der Waals surface area contributed by atoms with Gasteiger partial charge in [0.1, 0.15) is 5.82 Å². The zero-order chi connectivity index (χ0) is 36.9. The number of ether oxygens (including phenoxy) is 1. The van der Waals surface area contributed by atoms with Crippen LogP contribution in [-0.4, -0.2) is 46.8 Å². The minimum Gasteiger partial charge on any atom is -0.465 e. The number of esters is 1. The van der Waals surface area contributed by atoms with E-state index in [1.165, 1.54) is 49.6 Å². The van der Waals surface area contributed by atoms with Crippen LogP contribution in [-0.2, 0) is 43.2 Å². The summed E-state index contributed by atoms with van der Waals surface area (Å²) in [5.41, 5.74) is 4.43. The number of nitrogens with one attached hydrogen (secondary N) is 1. The van der Waals surface area contributed by atoms with Gasteiger partial charge < -0.3 is 9.30 Å². The summed E-state index contributed by atoms with van der Waals surface area (Å²) in [4.78, 5) is 12.0. The van der Waals surface area contributed by atoms with Crippen LogP contribution in [0, 0.1) is 5.82 Å². The van der Waals surface area contributed by atoms with E-state index in [9.17, 15) is 26.0 Å². The number of aryl methyl sites for hydroxylation is 1. The van der Waals surface area contributed by atoms with Gasteiger partial charge in [-0.05, 0) is 71.6 Å². The molecule has 0 fully saturated rings. The molecule has 0 aliphatic carbocycles. The van der Waals surface area contributed by atoms with Gasteiger partial charge in [0.2, 0.25) is 10.0 Å². The van der Waals surface area contributed by atoms with Crippen molar-refractivity contribution in [3.8, 4) is 0 Å². The third-order valence-corrected chi connectivity index (χ3v) is 12.2. The van der Waals surface area contributed by atoms with Gasteiger partial charge >= 0.3 is 5.97 Å². The molecule has 0 atom stereocenters. The highest BCUT2D eigenvalue weighted by Crippen LogP contribution is 2.38. The average Bonchev–Trinajstić information content (AvgIpc) is 3.43. The molecule has 0 unspecified atom stereocenters. The second-order valence-electron chi connectivity index (χ2n) is 12.3. The summed E-state index contributed by atoms with van der Waals surface area (Å²) >= 11 is 6.57. The fourth-order valence-corrected chi connectivity index (χ4v) is 9.07. The number of sulfonamides is 1. The maximum atomic E-state index is 14.4. The van der Waals surface area contributed by atoms with Crippen LogP contribution < -0.4 is 4.72 Å². The topological polar surface area (TPSA) is 112 Å². The summed E-state index contributed by atoms with van der Waals surface area (Å²) in [6.07, 6.45) is 0.265. The van der Waals surface area contributed by atoms with E-state index in [2.05, 4.69) is 9.29 Å². The molecular formula is C40H36ClFN2O6S2. The Bertz CT molecular complexity index is 2380. The van der Waals surface area contributed by atoms with E-state index >= 15 is 0 Å². The van der Waals surface area contributed by atoms with Crippen LogP contribution in [0.15, 0.2) is 132 Å². The van der Waals surface area contributed by atoms with Crippen molar-refractivity contribution < 1.29 is 30.8 Å². The number of sulfone groups is 1. The number of hydrogen-bond donors (Lipinski definition) is 1. The van der Waals surface area contributed by atoms with Crippen molar-refractivity contribution in [2.45, 2.75) is 29.5 Å². The Balaban J connectivity index is 1.44. The van der Waals surface area contributed by atoms with E-state index in [0.717, 1.165) is 27.7 Å². The standard InChI is InChI=1S/C40H36ClFN2O6S2/c1-50-40(45)30-16-19-33(20-17-30)51(46,47)25-23-34-35-26-32(41)18-21-37(35)44(39(28-10-4-2-5-11-28)29-12-6-3-7-13-29)38(34)22-24-43-52(48,49)27-31-14-8-9-15-36(31)42/h2-21,26,39,43H,22-25,27H2,1H3. The van der Waals surface area contributed by atoms with Gasteiger partial charge in [-0.15, -0.1) is 0 Å². The third-order valence-electron chi connectivity index (χ3n) is 8.91. The van der Waals surface area contributed by atoms with Gasteiger partial charge in [-0.2, -0.15) is 0 Å². The van der Waals surface area contributed by atoms with E-state index in [4.69, 9.17) is 16.3 Å². The van der Waals surface area contributed by atoms with Gasteiger partial charge in [-0.1, -0.05) is 90.5 Å². The lowest BCUT2D eigenvalue weighted by Crippen LogP contribution is -2.29. The Kier molecular flexibility index (Phi) is 11.3. The van der Waals surface area contributed by atoms with E-state index in [1.807, 2.05) is 66.7 Å². The molecule has 0 aliphatic rings. The number of carbonyl (C=O) groups is 1. The van der Waals surface area contributed by atoms with Crippen molar-refractivity contribution in [3.63, 3.8) is 0 Å². The van der Waals surface area contributed by atoms with Crippen molar-refractivity contribution >= 4 is 48.3 Å². The molecule has 0 bridgehead atoms. The van der Waals surface area contributed by atoms with Crippen molar-refractivity contribution in [1.82, 2.24) is 9.29 Å². The lowest BCUT2D eigenvalue weighted by Gasteiger charge is -2.25. The van der Waals surface area contributed by atoms with E-state index in [1.54, 1.807) is 18.2 Å². The van der Waals surface area contributed by atoms with Crippen LogP contribution in [0.4, 0.5) is 4.39 Å². The molecule has 0 aliphatic heterocycles. The first kappa shape index (κ1) is 37.0. The highest BCUT2D eigenvalue weighted by Gasteiger charge is 2.27. The summed E-state index contributed by atoms with van der Waals surface area (Å²) in [6, 6.07) is 36.1. The molecular weight excluding hydrogens is 723 g/mol. The largest absolute Gasteiger partial charge is 0.465 e. The minimum absolute atomic E-state index is 0.0358. The Hall–Kier alpha value is -4.81. The Morgan fingerprint density at radius 1 is 0.808 bits per heavy atom. The molecule has 0 amide bonds.